The lowest BCUT2D eigenvalue weighted by atomic mass is 9.96. The molecule has 2 aromatic heterocycles. The van der Waals surface area contributed by atoms with Gasteiger partial charge in [0.15, 0.2) is 0 Å². The Hall–Kier alpha value is -3.18. The number of nitrogens with zero attached hydrogens (tertiary/aromatic N) is 2. The van der Waals surface area contributed by atoms with Gasteiger partial charge in [0, 0.05) is 23.3 Å². The highest BCUT2D eigenvalue weighted by atomic mass is 35.5. The van der Waals surface area contributed by atoms with E-state index in [2.05, 4.69) is 15.3 Å². The molecule has 27 heavy (non-hydrogen) atoms. The van der Waals surface area contributed by atoms with Gasteiger partial charge in [0.05, 0.1) is 11.1 Å². The minimum absolute atomic E-state index is 0.0211. The Morgan fingerprint density at radius 3 is 2.48 bits per heavy atom. The van der Waals surface area contributed by atoms with Gasteiger partial charge in [-0.3, -0.25) is 4.98 Å². The molecule has 0 saturated heterocycles. The summed E-state index contributed by atoms with van der Waals surface area (Å²) in [5.41, 5.74) is 1.70. The van der Waals surface area contributed by atoms with Crippen molar-refractivity contribution >= 4 is 28.3 Å². The number of hydrogen-bond donors (Lipinski definition) is 2. The van der Waals surface area contributed by atoms with Crippen molar-refractivity contribution in [3.05, 3.63) is 95.0 Å². The summed E-state index contributed by atoms with van der Waals surface area (Å²) in [6.07, 6.45) is 3.26. The average molecular weight is 380 g/mol. The summed E-state index contributed by atoms with van der Waals surface area (Å²) in [6.45, 7) is 0. The monoisotopic (exact) mass is 379 g/mol. The largest absolute Gasteiger partial charge is 0.505 e. The maximum absolute atomic E-state index is 13.4. The number of fused-ring (bicyclic) bond motifs is 1. The zero-order valence-corrected chi connectivity index (χ0v) is 14.9. The minimum Gasteiger partial charge on any atom is -0.505 e. The lowest BCUT2D eigenvalue weighted by Crippen LogP contribution is -2.14. The number of anilines is 1. The van der Waals surface area contributed by atoms with Crippen LogP contribution in [0.4, 0.5) is 10.2 Å². The van der Waals surface area contributed by atoms with E-state index in [0.717, 1.165) is 5.56 Å². The van der Waals surface area contributed by atoms with E-state index in [1.807, 2.05) is 18.2 Å². The molecule has 2 N–H and O–H groups in total. The molecule has 134 valence electrons. The van der Waals surface area contributed by atoms with Crippen molar-refractivity contribution in [1.82, 2.24) is 9.97 Å². The van der Waals surface area contributed by atoms with Gasteiger partial charge < -0.3 is 10.4 Å². The van der Waals surface area contributed by atoms with E-state index in [1.165, 1.54) is 12.1 Å². The van der Waals surface area contributed by atoms with E-state index in [-0.39, 0.29) is 11.6 Å². The molecule has 2 aromatic carbocycles. The summed E-state index contributed by atoms with van der Waals surface area (Å²) in [5, 5.41) is 15.3. The molecule has 2 heterocycles. The predicted molar refractivity (Wildman–Crippen MR) is 105 cm³/mol. The number of benzene rings is 2. The molecule has 0 spiro atoms. The van der Waals surface area contributed by atoms with E-state index in [1.54, 1.807) is 42.7 Å². The smallest absolute Gasteiger partial charge is 0.147 e. The topological polar surface area (TPSA) is 58.0 Å². The normalized spacial score (nSPS) is 12.1. The molecule has 0 radical (unpaired) electrons. The fraction of sp³-hybridized carbons (Fsp3) is 0.0476. The molecular formula is C21H15ClFN3O. The van der Waals surface area contributed by atoms with Gasteiger partial charge in [-0.25, -0.2) is 9.37 Å². The molecule has 0 aliphatic heterocycles. The van der Waals surface area contributed by atoms with Gasteiger partial charge in [-0.05, 0) is 48.0 Å². The van der Waals surface area contributed by atoms with E-state index in [4.69, 9.17) is 11.6 Å². The first-order valence-corrected chi connectivity index (χ1v) is 8.70. The van der Waals surface area contributed by atoms with Crippen molar-refractivity contribution in [2.24, 2.45) is 0 Å². The molecule has 1 unspecified atom stereocenters. The van der Waals surface area contributed by atoms with Crippen LogP contribution in [0.2, 0.25) is 5.02 Å². The number of aromatic nitrogens is 2. The number of pyridine rings is 2. The highest BCUT2D eigenvalue weighted by molar-refractivity contribution is 6.35. The molecule has 0 amide bonds. The predicted octanol–water partition coefficient (Wildman–Crippen LogP) is 5.33. The number of aromatic hydroxyl groups is 1. The van der Waals surface area contributed by atoms with Crippen molar-refractivity contribution in [1.29, 1.82) is 0 Å². The van der Waals surface area contributed by atoms with Crippen LogP contribution in [0.1, 0.15) is 17.2 Å². The van der Waals surface area contributed by atoms with E-state index in [9.17, 15) is 9.50 Å². The summed E-state index contributed by atoms with van der Waals surface area (Å²) < 4.78 is 13.4. The number of phenols is 1. The summed E-state index contributed by atoms with van der Waals surface area (Å²) in [7, 11) is 0. The maximum atomic E-state index is 13.4. The van der Waals surface area contributed by atoms with Crippen LogP contribution in [-0.2, 0) is 0 Å². The summed E-state index contributed by atoms with van der Waals surface area (Å²) in [6, 6.07) is 16.3. The molecule has 4 rings (SSSR count). The Kier molecular flexibility index (Phi) is 4.60. The third-order valence-electron chi connectivity index (χ3n) is 4.32. The number of nitrogens with one attached hydrogen (secondary N) is 1. The molecule has 1 atom stereocenters. The van der Waals surface area contributed by atoms with Gasteiger partial charge in [-0.15, -0.1) is 0 Å². The highest BCUT2D eigenvalue weighted by Gasteiger charge is 2.22. The second-order valence-electron chi connectivity index (χ2n) is 6.04. The van der Waals surface area contributed by atoms with Gasteiger partial charge in [0.2, 0.25) is 0 Å². The van der Waals surface area contributed by atoms with Crippen LogP contribution < -0.4 is 5.32 Å². The molecule has 0 aliphatic carbocycles. The van der Waals surface area contributed by atoms with Gasteiger partial charge in [0.1, 0.15) is 22.9 Å². The van der Waals surface area contributed by atoms with Crippen LogP contribution >= 0.6 is 11.6 Å². The average Bonchev–Trinajstić information content (AvgIpc) is 2.71. The van der Waals surface area contributed by atoms with Crippen LogP contribution in [0.15, 0.2) is 73.1 Å². The molecule has 0 fully saturated rings. The highest BCUT2D eigenvalue weighted by Crippen LogP contribution is 2.39. The zero-order valence-electron chi connectivity index (χ0n) is 14.1. The molecule has 6 heteroatoms. The standard InChI is InChI=1S/C21H15ClFN3O/c22-17-12-16(21(27)20-15(17)4-3-11-25-20)19(13-6-8-14(23)9-7-13)26-18-5-1-2-10-24-18/h1-12,19,27H,(H,24,26). The first kappa shape index (κ1) is 17.2. The van der Waals surface area contributed by atoms with Gasteiger partial charge >= 0.3 is 0 Å². The van der Waals surface area contributed by atoms with Crippen LogP contribution in [-0.4, -0.2) is 15.1 Å². The number of halogens is 2. The molecular weight excluding hydrogens is 365 g/mol. The van der Waals surface area contributed by atoms with Crippen molar-refractivity contribution < 1.29 is 9.50 Å². The van der Waals surface area contributed by atoms with Gasteiger partial charge in [-0.2, -0.15) is 0 Å². The van der Waals surface area contributed by atoms with E-state index < -0.39 is 6.04 Å². The summed E-state index contributed by atoms with van der Waals surface area (Å²) >= 11 is 6.44. The molecule has 0 bridgehead atoms. The van der Waals surface area contributed by atoms with Crippen molar-refractivity contribution in [3.8, 4) is 5.75 Å². The third-order valence-corrected chi connectivity index (χ3v) is 4.63. The van der Waals surface area contributed by atoms with E-state index >= 15 is 0 Å². The van der Waals surface area contributed by atoms with Crippen molar-refractivity contribution in [3.63, 3.8) is 0 Å². The zero-order chi connectivity index (χ0) is 18.8. The Morgan fingerprint density at radius 1 is 0.963 bits per heavy atom. The van der Waals surface area contributed by atoms with Crippen LogP contribution in [0.25, 0.3) is 10.9 Å². The second kappa shape index (κ2) is 7.21. The van der Waals surface area contributed by atoms with Gasteiger partial charge in [0.25, 0.3) is 0 Å². The Labute approximate surface area is 160 Å². The van der Waals surface area contributed by atoms with Crippen molar-refractivity contribution in [2.75, 3.05) is 5.32 Å². The summed E-state index contributed by atoms with van der Waals surface area (Å²) in [4.78, 5) is 8.55. The van der Waals surface area contributed by atoms with Crippen molar-refractivity contribution in [2.45, 2.75) is 6.04 Å². The first-order chi connectivity index (χ1) is 13.1. The number of rotatable bonds is 4. The Morgan fingerprint density at radius 2 is 1.74 bits per heavy atom. The molecule has 0 aliphatic rings. The lowest BCUT2D eigenvalue weighted by Gasteiger charge is -2.22. The minimum atomic E-state index is -0.496. The summed E-state index contributed by atoms with van der Waals surface area (Å²) in [5.74, 6) is 0.300. The van der Waals surface area contributed by atoms with E-state index in [0.29, 0.717) is 27.3 Å². The van der Waals surface area contributed by atoms with Crippen LogP contribution in [0.3, 0.4) is 0 Å². The first-order valence-electron chi connectivity index (χ1n) is 8.32. The molecule has 4 aromatic rings. The maximum Gasteiger partial charge on any atom is 0.147 e. The fourth-order valence-corrected chi connectivity index (χ4v) is 3.29. The van der Waals surface area contributed by atoms with Crippen LogP contribution in [0.5, 0.6) is 5.75 Å². The number of hydrogen-bond acceptors (Lipinski definition) is 4. The fourth-order valence-electron chi connectivity index (χ4n) is 3.02. The third kappa shape index (κ3) is 3.41. The Bertz CT molecular complexity index is 1090. The number of phenolic OH excluding ortho intramolecular Hbond substituents is 1. The Balaban J connectivity index is 1.89. The molecule has 4 nitrogen and oxygen atoms in total. The SMILES string of the molecule is Oc1c(C(Nc2ccccn2)c2ccc(F)cc2)cc(Cl)c2cccnc12. The van der Waals surface area contributed by atoms with Gasteiger partial charge in [-0.1, -0.05) is 29.8 Å². The lowest BCUT2D eigenvalue weighted by molar-refractivity contribution is 0.471. The second-order valence-corrected chi connectivity index (χ2v) is 6.45. The quantitative estimate of drug-likeness (QED) is 0.503. The molecule has 0 saturated carbocycles. The van der Waals surface area contributed by atoms with Crippen LogP contribution in [0, 0.1) is 5.82 Å².